The first-order valence-corrected chi connectivity index (χ1v) is 7.24. The first-order valence-electron chi connectivity index (χ1n) is 6.45. The van der Waals surface area contributed by atoms with Crippen LogP contribution in [0.1, 0.15) is 12.0 Å². The van der Waals surface area contributed by atoms with Crippen LogP contribution in [0, 0.1) is 5.82 Å². The van der Waals surface area contributed by atoms with E-state index in [-0.39, 0.29) is 5.82 Å². The van der Waals surface area contributed by atoms with E-state index in [0.29, 0.717) is 23.9 Å². The second-order valence-corrected chi connectivity index (χ2v) is 5.41. The van der Waals surface area contributed by atoms with Gasteiger partial charge in [-0.1, -0.05) is 24.3 Å². The number of halogens is 2. The molecule has 0 saturated carbocycles. The first kappa shape index (κ1) is 15.0. The van der Waals surface area contributed by atoms with Gasteiger partial charge in [-0.05, 0) is 52.2 Å². The van der Waals surface area contributed by atoms with Gasteiger partial charge in [0.15, 0.2) is 0 Å². The van der Waals surface area contributed by atoms with Crippen LogP contribution in [0.25, 0.3) is 0 Å². The smallest absolute Gasteiger partial charge is 0.137 e. The maximum Gasteiger partial charge on any atom is 0.137 e. The normalized spacial score (nSPS) is 12.2. The Bertz CT molecular complexity index is 545. The standard InChI is InChI=1S/C16H16BrFO2/c17-15-11-12(6-7-16(15)18)10-13(19)8-9-20-14-4-2-1-3-5-14/h1-7,11,13,19H,8-10H2. The van der Waals surface area contributed by atoms with Crippen molar-refractivity contribution in [2.45, 2.75) is 18.9 Å². The molecule has 20 heavy (non-hydrogen) atoms. The molecule has 1 unspecified atom stereocenters. The van der Waals surface area contributed by atoms with Crippen molar-refractivity contribution >= 4 is 15.9 Å². The van der Waals surface area contributed by atoms with Crippen LogP contribution in [0.3, 0.4) is 0 Å². The van der Waals surface area contributed by atoms with Crippen LogP contribution in [-0.2, 0) is 6.42 Å². The molecule has 2 aromatic rings. The summed E-state index contributed by atoms with van der Waals surface area (Å²) in [7, 11) is 0. The third-order valence-electron chi connectivity index (χ3n) is 2.92. The van der Waals surface area contributed by atoms with E-state index in [1.165, 1.54) is 6.07 Å². The Morgan fingerprint density at radius 1 is 1.15 bits per heavy atom. The molecule has 0 aromatic heterocycles. The number of ether oxygens (including phenoxy) is 1. The van der Waals surface area contributed by atoms with Crippen molar-refractivity contribution in [1.82, 2.24) is 0 Å². The predicted molar refractivity (Wildman–Crippen MR) is 80.4 cm³/mol. The van der Waals surface area contributed by atoms with E-state index in [4.69, 9.17) is 4.74 Å². The molecule has 0 spiro atoms. The Morgan fingerprint density at radius 2 is 1.90 bits per heavy atom. The molecule has 0 radical (unpaired) electrons. The van der Waals surface area contributed by atoms with Gasteiger partial charge in [-0.2, -0.15) is 0 Å². The summed E-state index contributed by atoms with van der Waals surface area (Å²) in [6.07, 6.45) is 0.511. The van der Waals surface area contributed by atoms with Crippen molar-refractivity contribution in [3.8, 4) is 5.75 Å². The van der Waals surface area contributed by atoms with Gasteiger partial charge >= 0.3 is 0 Å². The summed E-state index contributed by atoms with van der Waals surface area (Å²) in [6.45, 7) is 0.452. The number of benzene rings is 2. The quantitative estimate of drug-likeness (QED) is 0.863. The summed E-state index contributed by atoms with van der Waals surface area (Å²) in [5.74, 6) is 0.500. The van der Waals surface area contributed by atoms with Crippen molar-refractivity contribution in [2.75, 3.05) is 6.61 Å². The van der Waals surface area contributed by atoms with Crippen LogP contribution in [0.4, 0.5) is 4.39 Å². The van der Waals surface area contributed by atoms with Gasteiger partial charge in [-0.3, -0.25) is 0 Å². The second-order valence-electron chi connectivity index (χ2n) is 4.56. The zero-order valence-corrected chi connectivity index (χ0v) is 12.5. The molecule has 0 heterocycles. The molecule has 1 N–H and O–H groups in total. The van der Waals surface area contributed by atoms with E-state index in [1.54, 1.807) is 12.1 Å². The summed E-state index contributed by atoms with van der Waals surface area (Å²) in [5, 5.41) is 9.95. The van der Waals surface area contributed by atoms with Crippen molar-refractivity contribution in [1.29, 1.82) is 0 Å². The monoisotopic (exact) mass is 338 g/mol. The van der Waals surface area contributed by atoms with Crippen LogP contribution >= 0.6 is 15.9 Å². The molecule has 106 valence electrons. The Morgan fingerprint density at radius 3 is 2.60 bits per heavy atom. The lowest BCUT2D eigenvalue weighted by Crippen LogP contribution is -2.15. The number of hydrogen-bond donors (Lipinski definition) is 1. The molecule has 4 heteroatoms. The molecule has 2 aromatic carbocycles. The molecular weight excluding hydrogens is 323 g/mol. The summed E-state index contributed by atoms with van der Waals surface area (Å²) in [4.78, 5) is 0. The first-order chi connectivity index (χ1) is 9.65. The molecule has 2 nitrogen and oxygen atoms in total. The molecule has 2 rings (SSSR count). The maximum atomic E-state index is 13.1. The van der Waals surface area contributed by atoms with Gasteiger partial charge in [0.25, 0.3) is 0 Å². The highest BCUT2D eigenvalue weighted by Crippen LogP contribution is 2.18. The fourth-order valence-electron chi connectivity index (χ4n) is 1.87. The fraction of sp³-hybridized carbons (Fsp3) is 0.250. The number of rotatable bonds is 6. The van der Waals surface area contributed by atoms with Crippen molar-refractivity contribution in [3.05, 3.63) is 64.4 Å². The number of hydrogen-bond acceptors (Lipinski definition) is 2. The maximum absolute atomic E-state index is 13.1. The lowest BCUT2D eigenvalue weighted by atomic mass is 10.1. The highest BCUT2D eigenvalue weighted by molar-refractivity contribution is 9.10. The zero-order chi connectivity index (χ0) is 14.4. The molecule has 0 aliphatic carbocycles. The number of aliphatic hydroxyl groups is 1. The lowest BCUT2D eigenvalue weighted by molar-refractivity contribution is 0.139. The SMILES string of the molecule is OC(CCOc1ccccc1)Cc1ccc(F)c(Br)c1. The fourth-order valence-corrected chi connectivity index (χ4v) is 2.30. The van der Waals surface area contributed by atoms with Crippen LogP contribution in [0.2, 0.25) is 0 Å². The van der Waals surface area contributed by atoms with Gasteiger partial charge in [-0.25, -0.2) is 4.39 Å². The molecule has 1 atom stereocenters. The van der Waals surface area contributed by atoms with Gasteiger partial charge in [0.05, 0.1) is 17.2 Å². The van der Waals surface area contributed by atoms with E-state index >= 15 is 0 Å². The van der Waals surface area contributed by atoms with Crippen molar-refractivity contribution in [2.24, 2.45) is 0 Å². The number of aliphatic hydroxyl groups excluding tert-OH is 1. The van der Waals surface area contributed by atoms with Crippen LogP contribution in [-0.4, -0.2) is 17.8 Å². The lowest BCUT2D eigenvalue weighted by Gasteiger charge is -2.12. The van der Waals surface area contributed by atoms with Crippen LogP contribution in [0.5, 0.6) is 5.75 Å². The average molecular weight is 339 g/mol. The molecular formula is C16H16BrFO2. The Hall–Kier alpha value is -1.39. The van der Waals surface area contributed by atoms with E-state index in [2.05, 4.69) is 15.9 Å². The largest absolute Gasteiger partial charge is 0.493 e. The van der Waals surface area contributed by atoms with E-state index in [9.17, 15) is 9.50 Å². The third-order valence-corrected chi connectivity index (χ3v) is 3.53. The Labute approximate surface area is 126 Å². The van der Waals surface area contributed by atoms with Crippen LogP contribution in [0.15, 0.2) is 53.0 Å². The molecule has 0 fully saturated rings. The van der Waals surface area contributed by atoms with E-state index in [0.717, 1.165) is 11.3 Å². The summed E-state index contributed by atoms with van der Waals surface area (Å²) >= 11 is 3.14. The van der Waals surface area contributed by atoms with Crippen LogP contribution < -0.4 is 4.74 Å². The Balaban J connectivity index is 1.77. The number of para-hydroxylation sites is 1. The zero-order valence-electron chi connectivity index (χ0n) is 10.9. The minimum atomic E-state index is -0.504. The summed E-state index contributed by atoms with van der Waals surface area (Å²) in [5.41, 5.74) is 0.894. The van der Waals surface area contributed by atoms with Gasteiger partial charge in [-0.15, -0.1) is 0 Å². The molecule has 0 aliphatic rings. The Kier molecular flexibility index (Phi) is 5.56. The van der Waals surface area contributed by atoms with Crippen molar-refractivity contribution in [3.63, 3.8) is 0 Å². The van der Waals surface area contributed by atoms with E-state index < -0.39 is 6.10 Å². The van der Waals surface area contributed by atoms with Gasteiger partial charge < -0.3 is 9.84 Å². The van der Waals surface area contributed by atoms with Crippen molar-refractivity contribution < 1.29 is 14.2 Å². The molecule has 0 amide bonds. The topological polar surface area (TPSA) is 29.5 Å². The average Bonchev–Trinajstić information content (AvgIpc) is 2.44. The minimum absolute atomic E-state index is 0.296. The van der Waals surface area contributed by atoms with Gasteiger partial charge in [0, 0.05) is 6.42 Å². The summed E-state index contributed by atoms with van der Waals surface area (Å²) < 4.78 is 19.0. The minimum Gasteiger partial charge on any atom is -0.493 e. The van der Waals surface area contributed by atoms with Gasteiger partial charge in [0.1, 0.15) is 11.6 Å². The molecule has 0 aliphatic heterocycles. The third kappa shape index (κ3) is 4.62. The highest BCUT2D eigenvalue weighted by atomic mass is 79.9. The van der Waals surface area contributed by atoms with Gasteiger partial charge in [0.2, 0.25) is 0 Å². The highest BCUT2D eigenvalue weighted by Gasteiger charge is 2.08. The second kappa shape index (κ2) is 7.41. The molecule has 0 bridgehead atoms. The summed E-state index contributed by atoms with van der Waals surface area (Å²) in [6, 6.07) is 14.3. The molecule has 0 saturated heterocycles. The predicted octanol–water partition coefficient (Wildman–Crippen LogP) is 3.96. The van der Waals surface area contributed by atoms with E-state index in [1.807, 2.05) is 30.3 Å².